The van der Waals surface area contributed by atoms with Crippen LogP contribution in [0, 0.1) is 0 Å². The van der Waals surface area contributed by atoms with Gasteiger partial charge in [0.05, 0.1) is 5.75 Å². The van der Waals surface area contributed by atoms with E-state index in [0.29, 0.717) is 5.75 Å². The second-order valence-corrected chi connectivity index (χ2v) is 4.49. The van der Waals surface area contributed by atoms with Crippen molar-refractivity contribution in [2.45, 2.75) is 6.54 Å². The number of benzene rings is 1. The minimum Gasteiger partial charge on any atom is -0.369 e. The van der Waals surface area contributed by atoms with Crippen LogP contribution in [0.25, 0.3) is 0 Å². The first-order valence-electron chi connectivity index (χ1n) is 4.06. The third-order valence-electron chi connectivity index (χ3n) is 1.48. The normalized spacial score (nSPS) is 10.1. The van der Waals surface area contributed by atoms with E-state index >= 15 is 0 Å². The summed E-state index contributed by atoms with van der Waals surface area (Å²) in [7, 11) is 0. The van der Waals surface area contributed by atoms with Crippen molar-refractivity contribution < 1.29 is 4.79 Å². The van der Waals surface area contributed by atoms with Crippen LogP contribution >= 0.6 is 27.9 Å². The Morgan fingerprint density at radius 2 is 2.36 bits per heavy atom. The average molecular weight is 275 g/mol. The lowest BCUT2D eigenvalue weighted by Gasteiger charge is -2.02. The Balaban J connectivity index is 2.28. The molecule has 5 heteroatoms. The summed E-state index contributed by atoms with van der Waals surface area (Å²) in [4.78, 5) is 10.4. The molecule has 3 nitrogen and oxygen atoms in total. The second kappa shape index (κ2) is 6.06. The lowest BCUT2D eigenvalue weighted by molar-refractivity contribution is -0.115. The molecule has 0 unspecified atom stereocenters. The van der Waals surface area contributed by atoms with E-state index in [1.54, 1.807) is 0 Å². The molecule has 1 amide bonds. The highest BCUT2D eigenvalue weighted by atomic mass is 79.9. The number of halogens is 1. The van der Waals surface area contributed by atoms with Gasteiger partial charge in [0.25, 0.3) is 0 Å². The van der Waals surface area contributed by atoms with Crippen molar-refractivity contribution in [1.29, 1.82) is 0 Å². The fraction of sp³-hybridized carbons (Fsp3) is 0.222. The van der Waals surface area contributed by atoms with E-state index in [2.05, 4.69) is 20.7 Å². The molecule has 0 aliphatic heterocycles. The third-order valence-corrected chi connectivity index (χ3v) is 2.75. The number of hydrogen-bond acceptors (Lipinski definition) is 3. The predicted molar refractivity (Wildman–Crippen MR) is 62.6 cm³/mol. The van der Waals surface area contributed by atoms with Crippen LogP contribution in [0.1, 0.15) is 5.56 Å². The largest absolute Gasteiger partial charge is 0.369 e. The summed E-state index contributed by atoms with van der Waals surface area (Å²) in [6, 6.07) is 7.99. The van der Waals surface area contributed by atoms with E-state index in [0.717, 1.165) is 16.6 Å². The highest BCUT2D eigenvalue weighted by Gasteiger charge is 1.96. The smallest absolute Gasteiger partial charge is 0.228 e. The Hall–Kier alpha value is -0.520. The topological polar surface area (TPSA) is 55.1 Å². The van der Waals surface area contributed by atoms with Gasteiger partial charge in [-0.3, -0.25) is 9.52 Å². The van der Waals surface area contributed by atoms with Crippen LogP contribution in [0.2, 0.25) is 0 Å². The number of carbonyl (C=O) groups is 1. The van der Waals surface area contributed by atoms with Gasteiger partial charge in [0.2, 0.25) is 5.91 Å². The van der Waals surface area contributed by atoms with E-state index in [9.17, 15) is 4.79 Å². The summed E-state index contributed by atoms with van der Waals surface area (Å²) >= 11 is 4.71. The molecule has 0 spiro atoms. The fourth-order valence-corrected chi connectivity index (χ4v) is 1.86. The first-order chi connectivity index (χ1) is 6.68. The highest BCUT2D eigenvalue weighted by molar-refractivity contribution is 9.10. The molecule has 1 rings (SSSR count). The van der Waals surface area contributed by atoms with E-state index < -0.39 is 0 Å². The van der Waals surface area contributed by atoms with E-state index in [4.69, 9.17) is 5.73 Å². The summed E-state index contributed by atoms with van der Waals surface area (Å²) in [5.41, 5.74) is 6.15. The van der Waals surface area contributed by atoms with E-state index in [1.807, 2.05) is 24.3 Å². The Labute approximate surface area is 95.7 Å². The average Bonchev–Trinajstić information content (AvgIpc) is 2.12. The lowest BCUT2D eigenvalue weighted by Crippen LogP contribution is -2.16. The zero-order valence-electron chi connectivity index (χ0n) is 7.50. The van der Waals surface area contributed by atoms with Gasteiger partial charge < -0.3 is 5.73 Å². The minimum atomic E-state index is -0.309. The lowest BCUT2D eigenvalue weighted by atomic mass is 10.2. The van der Waals surface area contributed by atoms with Gasteiger partial charge in [0, 0.05) is 11.0 Å². The minimum absolute atomic E-state index is 0.300. The van der Waals surface area contributed by atoms with Gasteiger partial charge in [-0.05, 0) is 17.7 Å². The number of amides is 1. The molecule has 0 saturated heterocycles. The Bertz CT molecular complexity index is 319. The van der Waals surface area contributed by atoms with Crippen molar-refractivity contribution in [1.82, 2.24) is 4.72 Å². The first kappa shape index (κ1) is 11.6. The van der Waals surface area contributed by atoms with Crippen molar-refractivity contribution in [3.8, 4) is 0 Å². The molecule has 3 N–H and O–H groups in total. The first-order valence-corrected chi connectivity index (χ1v) is 5.84. The standard InChI is InChI=1S/C9H11BrN2OS/c10-8-3-1-2-7(4-8)5-12-14-6-9(11)13/h1-4,12H,5-6H2,(H2,11,13). The molecule has 14 heavy (non-hydrogen) atoms. The molecule has 0 bridgehead atoms. The van der Waals surface area contributed by atoms with E-state index in [-0.39, 0.29) is 5.91 Å². The van der Waals surface area contributed by atoms with Crippen molar-refractivity contribution in [2.75, 3.05) is 5.75 Å². The van der Waals surface area contributed by atoms with E-state index in [1.165, 1.54) is 11.9 Å². The van der Waals surface area contributed by atoms with Crippen molar-refractivity contribution in [3.05, 3.63) is 34.3 Å². The number of hydrogen-bond donors (Lipinski definition) is 2. The van der Waals surface area contributed by atoms with Gasteiger partial charge >= 0.3 is 0 Å². The van der Waals surface area contributed by atoms with Crippen LogP contribution < -0.4 is 10.5 Å². The number of nitrogens with two attached hydrogens (primary N) is 1. The third kappa shape index (κ3) is 4.64. The molecule has 1 aromatic carbocycles. The van der Waals surface area contributed by atoms with Crippen molar-refractivity contribution in [3.63, 3.8) is 0 Å². The van der Waals surface area contributed by atoms with Gasteiger partial charge in [-0.25, -0.2) is 0 Å². The maximum Gasteiger partial charge on any atom is 0.228 e. The van der Waals surface area contributed by atoms with Crippen LogP contribution in [0.3, 0.4) is 0 Å². The molecule has 76 valence electrons. The molecular weight excluding hydrogens is 264 g/mol. The molecule has 0 aliphatic rings. The molecule has 0 aliphatic carbocycles. The molecule has 0 saturated carbocycles. The van der Waals surface area contributed by atoms with Crippen molar-refractivity contribution in [2.24, 2.45) is 5.73 Å². The number of nitrogens with one attached hydrogen (secondary N) is 1. The fourth-order valence-electron chi connectivity index (χ4n) is 0.903. The van der Waals surface area contributed by atoms with Crippen LogP contribution in [0.5, 0.6) is 0 Å². The van der Waals surface area contributed by atoms with Gasteiger partial charge in [-0.1, -0.05) is 40.0 Å². The van der Waals surface area contributed by atoms with Gasteiger partial charge in [0.1, 0.15) is 0 Å². The number of primary amides is 1. The van der Waals surface area contributed by atoms with Gasteiger partial charge in [-0.2, -0.15) is 0 Å². The molecule has 0 radical (unpaired) electrons. The highest BCUT2D eigenvalue weighted by Crippen LogP contribution is 2.11. The predicted octanol–water partition coefficient (Wildman–Crippen LogP) is 1.67. The molecule has 1 aromatic rings. The quantitative estimate of drug-likeness (QED) is 0.635. The van der Waals surface area contributed by atoms with Crippen LogP contribution in [-0.2, 0) is 11.3 Å². The molecule has 0 aromatic heterocycles. The molecule has 0 fully saturated rings. The van der Waals surface area contributed by atoms with Gasteiger partial charge in [0.15, 0.2) is 0 Å². The van der Waals surface area contributed by atoms with Gasteiger partial charge in [-0.15, -0.1) is 0 Å². The Morgan fingerprint density at radius 3 is 3.00 bits per heavy atom. The van der Waals surface area contributed by atoms with Crippen LogP contribution in [-0.4, -0.2) is 11.7 Å². The summed E-state index contributed by atoms with van der Waals surface area (Å²) < 4.78 is 4.11. The SMILES string of the molecule is NC(=O)CSNCc1cccc(Br)c1. The summed E-state index contributed by atoms with van der Waals surface area (Å²) in [5, 5.41) is 0. The maximum atomic E-state index is 10.4. The maximum absolute atomic E-state index is 10.4. The molecule has 0 atom stereocenters. The molecular formula is C9H11BrN2OS. The van der Waals surface area contributed by atoms with Crippen molar-refractivity contribution >= 4 is 33.8 Å². The Morgan fingerprint density at radius 1 is 1.57 bits per heavy atom. The summed E-state index contributed by atoms with van der Waals surface area (Å²) in [6.45, 7) is 0.720. The van der Waals surface area contributed by atoms with Crippen LogP contribution in [0.15, 0.2) is 28.7 Å². The number of carbonyl (C=O) groups excluding carboxylic acids is 1. The second-order valence-electron chi connectivity index (χ2n) is 2.71. The summed E-state index contributed by atoms with van der Waals surface area (Å²) in [5.74, 6) is -0.00897. The summed E-state index contributed by atoms with van der Waals surface area (Å²) in [6.07, 6.45) is 0. The monoisotopic (exact) mass is 274 g/mol. The van der Waals surface area contributed by atoms with Crippen LogP contribution in [0.4, 0.5) is 0 Å². The zero-order valence-corrected chi connectivity index (χ0v) is 9.90. The molecule has 0 heterocycles. The Kier molecular flexibility index (Phi) is 5.00. The number of rotatable bonds is 5. The zero-order chi connectivity index (χ0) is 10.4.